The molecule has 0 saturated heterocycles. The first-order chi connectivity index (χ1) is 12.0. The zero-order chi connectivity index (χ0) is 17.8. The summed E-state index contributed by atoms with van der Waals surface area (Å²) in [6.45, 7) is 6.91. The molecule has 0 saturated carbocycles. The highest BCUT2D eigenvalue weighted by atomic mass is 32.1. The third kappa shape index (κ3) is 4.64. The summed E-state index contributed by atoms with van der Waals surface area (Å²) in [6.07, 6.45) is 1.70. The van der Waals surface area contributed by atoms with Gasteiger partial charge in [0.25, 0.3) is 0 Å². The van der Waals surface area contributed by atoms with Gasteiger partial charge in [0.2, 0.25) is 5.95 Å². The average molecular weight is 351 g/mol. The summed E-state index contributed by atoms with van der Waals surface area (Å²) in [5.41, 5.74) is 5.83. The molecule has 0 aliphatic rings. The minimum absolute atomic E-state index is 0.469. The summed E-state index contributed by atoms with van der Waals surface area (Å²) in [5.74, 6) is 0.480. The van der Waals surface area contributed by atoms with Gasteiger partial charge in [-0.2, -0.15) is 0 Å². The summed E-state index contributed by atoms with van der Waals surface area (Å²) in [4.78, 5) is 4.26. The molecule has 0 aliphatic carbocycles. The van der Waals surface area contributed by atoms with Crippen LogP contribution in [0.2, 0.25) is 0 Å². The molecule has 0 atom stereocenters. The van der Waals surface area contributed by atoms with E-state index in [4.69, 9.17) is 12.2 Å². The van der Waals surface area contributed by atoms with Crippen molar-refractivity contribution < 1.29 is 0 Å². The number of nitrogens with zero attached hydrogens (tertiary/aromatic N) is 3. The molecular weight excluding hydrogens is 330 g/mol. The molecule has 0 aliphatic heterocycles. The highest BCUT2D eigenvalue weighted by Gasteiger charge is 2.05. The molecule has 0 spiro atoms. The van der Waals surface area contributed by atoms with Crippen molar-refractivity contribution in [3.8, 4) is 0 Å². The van der Waals surface area contributed by atoms with Gasteiger partial charge >= 0.3 is 0 Å². The SMILES string of the molecule is Cc1ccc(Cn2cnc(NC(=S)Nc3ccc(C)c(C)c3)n2)cc1. The van der Waals surface area contributed by atoms with Gasteiger partial charge in [-0.15, -0.1) is 5.10 Å². The Labute approximate surface area is 153 Å². The minimum atomic E-state index is 0.469. The number of anilines is 2. The second-order valence-corrected chi connectivity index (χ2v) is 6.54. The van der Waals surface area contributed by atoms with Crippen molar-refractivity contribution in [2.24, 2.45) is 0 Å². The highest BCUT2D eigenvalue weighted by Crippen LogP contribution is 2.14. The molecule has 5 nitrogen and oxygen atoms in total. The van der Waals surface area contributed by atoms with E-state index in [-0.39, 0.29) is 0 Å². The molecular formula is C19H21N5S. The standard InChI is InChI=1S/C19H21N5S/c1-13-4-7-16(8-5-13)11-24-12-20-18(23-24)22-19(25)21-17-9-6-14(2)15(3)10-17/h4-10,12H,11H2,1-3H3,(H2,21,22,23,25). The van der Waals surface area contributed by atoms with Gasteiger partial charge in [-0.1, -0.05) is 35.9 Å². The lowest BCUT2D eigenvalue weighted by atomic mass is 10.1. The molecule has 2 N–H and O–H groups in total. The molecule has 25 heavy (non-hydrogen) atoms. The van der Waals surface area contributed by atoms with E-state index in [1.54, 1.807) is 11.0 Å². The van der Waals surface area contributed by atoms with Crippen molar-refractivity contribution in [1.82, 2.24) is 14.8 Å². The monoisotopic (exact) mass is 351 g/mol. The molecule has 6 heteroatoms. The maximum Gasteiger partial charge on any atom is 0.248 e. The number of hydrogen-bond acceptors (Lipinski definition) is 3. The van der Waals surface area contributed by atoms with Gasteiger partial charge in [-0.05, 0) is 61.8 Å². The van der Waals surface area contributed by atoms with Crippen LogP contribution < -0.4 is 10.6 Å². The Morgan fingerprint density at radius 3 is 2.48 bits per heavy atom. The van der Waals surface area contributed by atoms with E-state index in [2.05, 4.69) is 77.9 Å². The minimum Gasteiger partial charge on any atom is -0.332 e. The summed E-state index contributed by atoms with van der Waals surface area (Å²) in [5, 5.41) is 11.0. The molecule has 0 fully saturated rings. The van der Waals surface area contributed by atoms with Crippen LogP contribution in [0.15, 0.2) is 48.8 Å². The molecule has 128 valence electrons. The summed E-state index contributed by atoms with van der Waals surface area (Å²) >= 11 is 5.34. The van der Waals surface area contributed by atoms with Gasteiger partial charge in [0.1, 0.15) is 6.33 Å². The number of benzene rings is 2. The van der Waals surface area contributed by atoms with Gasteiger partial charge in [-0.3, -0.25) is 5.32 Å². The maximum atomic E-state index is 5.34. The van der Waals surface area contributed by atoms with Crippen LogP contribution in [0.5, 0.6) is 0 Å². The fourth-order valence-corrected chi connectivity index (χ4v) is 2.60. The first-order valence-corrected chi connectivity index (χ1v) is 8.51. The summed E-state index contributed by atoms with van der Waals surface area (Å²) < 4.78 is 1.78. The van der Waals surface area contributed by atoms with Crippen LogP contribution in [0, 0.1) is 20.8 Å². The number of rotatable bonds is 4. The second kappa shape index (κ2) is 7.44. The Morgan fingerprint density at radius 2 is 1.76 bits per heavy atom. The Balaban J connectivity index is 1.59. The first kappa shape index (κ1) is 17.1. The molecule has 3 rings (SSSR count). The Kier molecular flexibility index (Phi) is 5.09. The highest BCUT2D eigenvalue weighted by molar-refractivity contribution is 7.80. The second-order valence-electron chi connectivity index (χ2n) is 6.13. The lowest BCUT2D eigenvalue weighted by Crippen LogP contribution is -2.20. The Morgan fingerprint density at radius 1 is 1.00 bits per heavy atom. The van der Waals surface area contributed by atoms with Crippen LogP contribution in [0.1, 0.15) is 22.3 Å². The van der Waals surface area contributed by atoms with E-state index in [1.165, 1.54) is 22.3 Å². The number of hydrogen-bond donors (Lipinski definition) is 2. The van der Waals surface area contributed by atoms with Crippen molar-refractivity contribution >= 4 is 29.0 Å². The molecule has 0 bridgehead atoms. The third-order valence-electron chi connectivity index (χ3n) is 3.99. The molecule has 1 aromatic heterocycles. The predicted octanol–water partition coefficient (Wildman–Crippen LogP) is 4.06. The topological polar surface area (TPSA) is 54.8 Å². The number of aromatic nitrogens is 3. The van der Waals surface area contributed by atoms with E-state index >= 15 is 0 Å². The van der Waals surface area contributed by atoms with Crippen LogP contribution in [0.4, 0.5) is 11.6 Å². The molecule has 2 aromatic carbocycles. The van der Waals surface area contributed by atoms with Crippen molar-refractivity contribution in [3.63, 3.8) is 0 Å². The van der Waals surface area contributed by atoms with Gasteiger partial charge < -0.3 is 5.32 Å². The lowest BCUT2D eigenvalue weighted by Gasteiger charge is -2.09. The molecule has 0 amide bonds. The molecule has 1 heterocycles. The van der Waals surface area contributed by atoms with Crippen molar-refractivity contribution in [1.29, 1.82) is 0 Å². The van der Waals surface area contributed by atoms with Crippen molar-refractivity contribution in [2.45, 2.75) is 27.3 Å². The Hall–Kier alpha value is -2.73. The van der Waals surface area contributed by atoms with Crippen LogP contribution in [-0.4, -0.2) is 19.9 Å². The smallest absolute Gasteiger partial charge is 0.248 e. The zero-order valence-electron chi connectivity index (χ0n) is 14.6. The average Bonchev–Trinajstić information content (AvgIpc) is 3.00. The van der Waals surface area contributed by atoms with Crippen molar-refractivity contribution in [2.75, 3.05) is 10.6 Å². The summed E-state index contributed by atoms with van der Waals surface area (Å²) in [7, 11) is 0. The fourth-order valence-electron chi connectivity index (χ4n) is 2.39. The largest absolute Gasteiger partial charge is 0.332 e. The van der Waals surface area contributed by atoms with E-state index in [0.29, 0.717) is 17.6 Å². The molecule has 0 radical (unpaired) electrons. The third-order valence-corrected chi connectivity index (χ3v) is 4.20. The van der Waals surface area contributed by atoms with Crippen LogP contribution in [-0.2, 0) is 6.54 Å². The van der Waals surface area contributed by atoms with Gasteiger partial charge in [0.15, 0.2) is 5.11 Å². The van der Waals surface area contributed by atoms with E-state index in [9.17, 15) is 0 Å². The van der Waals surface area contributed by atoms with E-state index in [0.717, 1.165) is 5.69 Å². The van der Waals surface area contributed by atoms with Crippen molar-refractivity contribution in [3.05, 3.63) is 71.0 Å². The molecule has 0 unspecified atom stereocenters. The predicted molar refractivity (Wildman–Crippen MR) is 106 cm³/mol. The fraction of sp³-hybridized carbons (Fsp3) is 0.211. The van der Waals surface area contributed by atoms with Crippen LogP contribution in [0.3, 0.4) is 0 Å². The van der Waals surface area contributed by atoms with E-state index < -0.39 is 0 Å². The quantitative estimate of drug-likeness (QED) is 0.694. The van der Waals surface area contributed by atoms with E-state index in [1.807, 2.05) is 6.07 Å². The number of nitrogens with one attached hydrogen (secondary N) is 2. The number of aryl methyl sites for hydroxylation is 3. The van der Waals surface area contributed by atoms with Gasteiger partial charge in [-0.25, -0.2) is 9.67 Å². The Bertz CT molecular complexity index is 883. The van der Waals surface area contributed by atoms with Gasteiger partial charge in [0, 0.05) is 5.69 Å². The van der Waals surface area contributed by atoms with Crippen LogP contribution in [0.25, 0.3) is 0 Å². The summed E-state index contributed by atoms with van der Waals surface area (Å²) in [6, 6.07) is 14.5. The number of thiocarbonyl (C=S) groups is 1. The van der Waals surface area contributed by atoms with Gasteiger partial charge in [0.05, 0.1) is 6.54 Å². The first-order valence-electron chi connectivity index (χ1n) is 8.10. The maximum absolute atomic E-state index is 5.34. The van der Waals surface area contributed by atoms with Crippen LogP contribution >= 0.6 is 12.2 Å². The zero-order valence-corrected chi connectivity index (χ0v) is 15.4. The lowest BCUT2D eigenvalue weighted by molar-refractivity contribution is 0.687. The normalized spacial score (nSPS) is 10.5. The molecule has 3 aromatic rings.